The fraction of sp³-hybridized carbons (Fsp3) is 0.115. The topological polar surface area (TPSA) is 127 Å². The molecule has 186 valence electrons. The van der Waals surface area contributed by atoms with E-state index >= 15 is 0 Å². The lowest BCUT2D eigenvalue weighted by atomic mass is 10.1. The average molecular weight is 531 g/mol. The van der Waals surface area contributed by atoms with E-state index in [0.717, 1.165) is 26.5 Å². The SMILES string of the molecule is CS(=O)(=O)CCNc1cc(C(=O)Nc2ccccc2-c2nc3cccnc3s2)nc(-c2ccccc2)n1. The van der Waals surface area contributed by atoms with Gasteiger partial charge in [-0.25, -0.2) is 28.4 Å². The van der Waals surface area contributed by atoms with Gasteiger partial charge in [-0.1, -0.05) is 53.8 Å². The molecule has 0 aliphatic heterocycles. The van der Waals surface area contributed by atoms with E-state index in [2.05, 4.69) is 30.6 Å². The number of rotatable bonds is 8. The van der Waals surface area contributed by atoms with Crippen LogP contribution in [-0.2, 0) is 9.84 Å². The summed E-state index contributed by atoms with van der Waals surface area (Å²) in [5.41, 5.74) is 3.00. The molecule has 0 saturated carbocycles. The smallest absolute Gasteiger partial charge is 0.274 e. The third-order valence-corrected chi connectivity index (χ3v) is 7.30. The second-order valence-electron chi connectivity index (χ2n) is 8.23. The number of carbonyl (C=O) groups excluding carboxylic acids is 1. The predicted octanol–water partition coefficient (Wildman–Crippen LogP) is 4.52. The van der Waals surface area contributed by atoms with Crippen molar-refractivity contribution < 1.29 is 13.2 Å². The Morgan fingerprint density at radius 2 is 1.73 bits per heavy atom. The van der Waals surface area contributed by atoms with E-state index in [1.807, 2.05) is 60.7 Å². The van der Waals surface area contributed by atoms with Crippen LogP contribution in [0.25, 0.3) is 32.3 Å². The van der Waals surface area contributed by atoms with Crippen molar-refractivity contribution in [1.29, 1.82) is 0 Å². The molecule has 37 heavy (non-hydrogen) atoms. The summed E-state index contributed by atoms with van der Waals surface area (Å²) in [5, 5.41) is 6.68. The Morgan fingerprint density at radius 3 is 2.51 bits per heavy atom. The summed E-state index contributed by atoms with van der Waals surface area (Å²) in [5.74, 6) is 0.204. The maximum atomic E-state index is 13.4. The first-order valence-electron chi connectivity index (χ1n) is 11.3. The van der Waals surface area contributed by atoms with Gasteiger partial charge in [0.15, 0.2) is 5.82 Å². The third kappa shape index (κ3) is 5.96. The van der Waals surface area contributed by atoms with E-state index in [9.17, 15) is 13.2 Å². The number of nitrogens with one attached hydrogen (secondary N) is 2. The Hall–Kier alpha value is -4.22. The Labute approximate surface area is 217 Å². The van der Waals surface area contributed by atoms with Crippen LogP contribution in [0.5, 0.6) is 0 Å². The normalized spacial score (nSPS) is 11.4. The highest BCUT2D eigenvalue weighted by Crippen LogP contribution is 2.33. The van der Waals surface area contributed by atoms with Crippen LogP contribution in [0, 0.1) is 0 Å². The van der Waals surface area contributed by atoms with Crippen LogP contribution >= 0.6 is 11.3 Å². The van der Waals surface area contributed by atoms with Gasteiger partial charge in [0.25, 0.3) is 5.91 Å². The molecular weight excluding hydrogens is 508 g/mol. The van der Waals surface area contributed by atoms with Crippen LogP contribution in [0.3, 0.4) is 0 Å². The number of sulfone groups is 1. The van der Waals surface area contributed by atoms with Gasteiger partial charge in [-0.05, 0) is 24.3 Å². The van der Waals surface area contributed by atoms with Gasteiger partial charge in [0.05, 0.1) is 11.4 Å². The van der Waals surface area contributed by atoms with Gasteiger partial charge in [0, 0.05) is 36.2 Å². The number of carbonyl (C=O) groups is 1. The monoisotopic (exact) mass is 530 g/mol. The first-order valence-corrected chi connectivity index (χ1v) is 14.2. The van der Waals surface area contributed by atoms with Crippen LogP contribution in [0.4, 0.5) is 11.5 Å². The molecule has 3 aromatic heterocycles. The number of benzene rings is 2. The molecule has 0 spiro atoms. The zero-order valence-corrected chi connectivity index (χ0v) is 21.4. The summed E-state index contributed by atoms with van der Waals surface area (Å²) in [6.07, 6.45) is 2.89. The summed E-state index contributed by atoms with van der Waals surface area (Å²) in [4.78, 5) is 32.2. The first kappa shape index (κ1) is 24.5. The lowest BCUT2D eigenvalue weighted by Crippen LogP contribution is -2.18. The number of aromatic nitrogens is 4. The molecule has 0 radical (unpaired) electrons. The van der Waals surface area contributed by atoms with Gasteiger partial charge in [0.2, 0.25) is 0 Å². The first-order chi connectivity index (χ1) is 17.9. The lowest BCUT2D eigenvalue weighted by Gasteiger charge is -2.12. The number of nitrogens with zero attached hydrogens (tertiary/aromatic N) is 4. The number of thiazole rings is 1. The molecule has 2 N–H and O–H groups in total. The number of fused-ring (bicyclic) bond motifs is 1. The van der Waals surface area contributed by atoms with Crippen LogP contribution in [0.15, 0.2) is 79.0 Å². The number of hydrogen-bond acceptors (Lipinski definition) is 9. The van der Waals surface area contributed by atoms with Gasteiger partial charge in [-0.15, -0.1) is 0 Å². The van der Waals surface area contributed by atoms with Crippen molar-refractivity contribution in [2.24, 2.45) is 0 Å². The summed E-state index contributed by atoms with van der Waals surface area (Å²) in [6, 6.07) is 21.9. The zero-order chi connectivity index (χ0) is 25.8. The Balaban J connectivity index is 1.46. The van der Waals surface area contributed by atoms with E-state index in [1.165, 1.54) is 23.7 Å². The summed E-state index contributed by atoms with van der Waals surface area (Å²) in [7, 11) is -3.16. The van der Waals surface area contributed by atoms with Crippen LogP contribution in [0.1, 0.15) is 10.5 Å². The molecule has 0 aliphatic carbocycles. The molecule has 0 bridgehead atoms. The van der Waals surface area contributed by atoms with E-state index in [-0.39, 0.29) is 18.0 Å². The second-order valence-corrected chi connectivity index (χ2v) is 11.5. The van der Waals surface area contributed by atoms with Gasteiger partial charge in [-0.2, -0.15) is 0 Å². The van der Waals surface area contributed by atoms with E-state index in [1.54, 1.807) is 12.3 Å². The maximum absolute atomic E-state index is 13.4. The molecule has 0 aliphatic rings. The highest BCUT2D eigenvalue weighted by atomic mass is 32.2. The highest BCUT2D eigenvalue weighted by Gasteiger charge is 2.17. The van der Waals surface area contributed by atoms with Crippen LogP contribution in [0.2, 0.25) is 0 Å². The Bertz CT molecular complexity index is 1650. The van der Waals surface area contributed by atoms with Gasteiger partial charge in [0.1, 0.15) is 36.7 Å². The lowest BCUT2D eigenvalue weighted by molar-refractivity contribution is 0.102. The van der Waals surface area contributed by atoms with Crippen molar-refractivity contribution in [3.8, 4) is 22.0 Å². The number of amides is 1. The fourth-order valence-corrected chi connectivity index (χ4v) is 5.00. The minimum Gasteiger partial charge on any atom is -0.369 e. The summed E-state index contributed by atoms with van der Waals surface area (Å²) >= 11 is 1.44. The standard InChI is InChI=1S/C26H22N6O3S2/c1-37(34,35)15-14-27-22-16-21(29-23(32-22)17-8-3-2-4-9-17)24(33)30-19-11-6-5-10-18(19)25-31-20-12-7-13-28-26(20)36-25/h2-13,16H,14-15H2,1H3,(H,30,33)(H,27,29,32). The molecule has 0 unspecified atom stereocenters. The van der Waals surface area contributed by atoms with Crippen molar-refractivity contribution in [2.75, 3.05) is 29.2 Å². The van der Waals surface area contributed by atoms with Gasteiger partial charge < -0.3 is 10.6 Å². The fourth-order valence-electron chi connectivity index (χ4n) is 3.58. The minimum atomic E-state index is -3.16. The number of pyridine rings is 1. The Kier molecular flexibility index (Phi) is 6.89. The molecule has 0 atom stereocenters. The summed E-state index contributed by atoms with van der Waals surface area (Å²) in [6.45, 7) is 0.152. The number of anilines is 2. The highest BCUT2D eigenvalue weighted by molar-refractivity contribution is 7.90. The molecule has 9 nitrogen and oxygen atoms in total. The number of para-hydroxylation sites is 1. The van der Waals surface area contributed by atoms with E-state index < -0.39 is 15.7 Å². The van der Waals surface area contributed by atoms with Crippen molar-refractivity contribution >= 4 is 48.9 Å². The van der Waals surface area contributed by atoms with Crippen molar-refractivity contribution in [3.63, 3.8) is 0 Å². The quantitative estimate of drug-likeness (QED) is 0.300. The molecule has 0 saturated heterocycles. The van der Waals surface area contributed by atoms with Crippen molar-refractivity contribution in [3.05, 3.63) is 84.7 Å². The van der Waals surface area contributed by atoms with Crippen molar-refractivity contribution in [1.82, 2.24) is 19.9 Å². The molecular formula is C26H22N6O3S2. The van der Waals surface area contributed by atoms with Gasteiger partial charge in [-0.3, -0.25) is 4.79 Å². The van der Waals surface area contributed by atoms with Gasteiger partial charge >= 0.3 is 0 Å². The minimum absolute atomic E-state index is 0.0659. The molecule has 0 fully saturated rings. The average Bonchev–Trinajstić information content (AvgIpc) is 3.33. The van der Waals surface area contributed by atoms with E-state index in [0.29, 0.717) is 17.3 Å². The third-order valence-electron chi connectivity index (χ3n) is 5.34. The van der Waals surface area contributed by atoms with Crippen molar-refractivity contribution in [2.45, 2.75) is 0 Å². The maximum Gasteiger partial charge on any atom is 0.274 e. The molecule has 5 rings (SSSR count). The number of hydrogen-bond donors (Lipinski definition) is 2. The largest absolute Gasteiger partial charge is 0.369 e. The summed E-state index contributed by atoms with van der Waals surface area (Å²) < 4.78 is 23.1. The predicted molar refractivity (Wildman–Crippen MR) is 146 cm³/mol. The van der Waals surface area contributed by atoms with Crippen LogP contribution in [-0.4, -0.2) is 52.8 Å². The molecule has 1 amide bonds. The molecule has 2 aromatic carbocycles. The molecule has 11 heteroatoms. The zero-order valence-electron chi connectivity index (χ0n) is 19.7. The second kappa shape index (κ2) is 10.4. The van der Waals surface area contributed by atoms with E-state index in [4.69, 9.17) is 0 Å². The van der Waals surface area contributed by atoms with Crippen LogP contribution < -0.4 is 10.6 Å². The molecule has 3 heterocycles. The Morgan fingerprint density at radius 1 is 0.946 bits per heavy atom. The molecule has 5 aromatic rings.